The molecular weight excluding hydrogens is 248 g/mol. The molecule has 18 heavy (non-hydrogen) atoms. The maximum atomic E-state index is 12.0. The molecule has 5 nitrogen and oxygen atoms in total. The number of nitrogen functional groups attached to an aromatic ring is 1. The van der Waals surface area contributed by atoms with E-state index in [9.17, 15) is 4.79 Å². The normalized spacial score (nSPS) is 19.8. The Morgan fingerprint density at radius 3 is 3.06 bits per heavy atom. The van der Waals surface area contributed by atoms with Crippen LogP contribution in [-0.4, -0.2) is 39.6 Å². The topological polar surface area (TPSA) is 72.1 Å². The first-order chi connectivity index (χ1) is 8.66. The number of carbonyl (C=O) groups is 1. The van der Waals surface area contributed by atoms with E-state index in [0.717, 1.165) is 19.5 Å². The summed E-state index contributed by atoms with van der Waals surface area (Å²) in [7, 11) is 0. The Kier molecular flexibility index (Phi) is 4.41. The number of nitrogens with two attached hydrogens (primary N) is 1. The van der Waals surface area contributed by atoms with E-state index >= 15 is 0 Å². The van der Waals surface area contributed by atoms with Crippen molar-refractivity contribution >= 4 is 23.5 Å². The first-order valence-corrected chi connectivity index (χ1v) is 7.12. The number of aromatic nitrogens is 2. The van der Waals surface area contributed by atoms with E-state index in [-0.39, 0.29) is 5.91 Å². The van der Waals surface area contributed by atoms with E-state index in [0.29, 0.717) is 22.5 Å². The fourth-order valence-corrected chi connectivity index (χ4v) is 2.86. The van der Waals surface area contributed by atoms with Gasteiger partial charge < -0.3 is 10.6 Å². The summed E-state index contributed by atoms with van der Waals surface area (Å²) in [5.74, 6) is 1.54. The van der Waals surface area contributed by atoms with Gasteiger partial charge in [-0.1, -0.05) is 18.7 Å². The van der Waals surface area contributed by atoms with E-state index in [1.54, 1.807) is 12.4 Å². The van der Waals surface area contributed by atoms with Crippen LogP contribution < -0.4 is 5.73 Å². The number of amides is 1. The minimum atomic E-state index is 0.164. The highest BCUT2D eigenvalue weighted by molar-refractivity contribution is 8.00. The molecule has 1 aromatic rings. The lowest BCUT2D eigenvalue weighted by Crippen LogP contribution is -2.40. The van der Waals surface area contributed by atoms with Crippen molar-refractivity contribution in [3.63, 3.8) is 0 Å². The summed E-state index contributed by atoms with van der Waals surface area (Å²) in [5.41, 5.74) is 5.69. The van der Waals surface area contributed by atoms with Gasteiger partial charge in [0.2, 0.25) is 5.91 Å². The Bertz CT molecular complexity index is 426. The summed E-state index contributed by atoms with van der Waals surface area (Å²) < 4.78 is 0. The van der Waals surface area contributed by atoms with Crippen LogP contribution in [0.25, 0.3) is 0 Å². The maximum Gasteiger partial charge on any atom is 0.233 e. The van der Waals surface area contributed by atoms with Gasteiger partial charge in [0.25, 0.3) is 0 Å². The molecule has 0 aromatic carbocycles. The lowest BCUT2D eigenvalue weighted by Gasteiger charge is -2.30. The van der Waals surface area contributed by atoms with Crippen molar-refractivity contribution in [2.45, 2.75) is 24.8 Å². The summed E-state index contributed by atoms with van der Waals surface area (Å²) in [6, 6.07) is 0. The third-order valence-corrected chi connectivity index (χ3v) is 4.01. The van der Waals surface area contributed by atoms with Crippen molar-refractivity contribution in [2.75, 3.05) is 24.6 Å². The summed E-state index contributed by atoms with van der Waals surface area (Å²) in [6.45, 7) is 3.93. The smallest absolute Gasteiger partial charge is 0.233 e. The maximum absolute atomic E-state index is 12.0. The molecule has 0 aliphatic carbocycles. The van der Waals surface area contributed by atoms with Crippen molar-refractivity contribution in [2.24, 2.45) is 5.92 Å². The van der Waals surface area contributed by atoms with Crippen LogP contribution in [0, 0.1) is 5.92 Å². The Labute approximate surface area is 111 Å². The van der Waals surface area contributed by atoms with Crippen molar-refractivity contribution in [3.05, 3.63) is 12.4 Å². The van der Waals surface area contributed by atoms with Crippen LogP contribution in [0.5, 0.6) is 0 Å². The average Bonchev–Trinajstić information content (AvgIpc) is 2.37. The fourth-order valence-electron chi connectivity index (χ4n) is 2.08. The monoisotopic (exact) mass is 266 g/mol. The first kappa shape index (κ1) is 13.1. The van der Waals surface area contributed by atoms with Crippen LogP contribution in [0.2, 0.25) is 0 Å². The van der Waals surface area contributed by atoms with Gasteiger partial charge >= 0.3 is 0 Å². The van der Waals surface area contributed by atoms with E-state index in [1.807, 2.05) is 4.90 Å². The van der Waals surface area contributed by atoms with Crippen LogP contribution in [0.1, 0.15) is 19.8 Å². The molecule has 2 rings (SSSR count). The van der Waals surface area contributed by atoms with Gasteiger partial charge in [-0.25, -0.2) is 9.97 Å². The summed E-state index contributed by atoms with van der Waals surface area (Å²) >= 11 is 1.36. The Hall–Kier alpha value is -1.30. The molecule has 2 heterocycles. The van der Waals surface area contributed by atoms with Crippen LogP contribution in [0.3, 0.4) is 0 Å². The third kappa shape index (κ3) is 3.35. The van der Waals surface area contributed by atoms with Crippen molar-refractivity contribution < 1.29 is 4.79 Å². The van der Waals surface area contributed by atoms with Crippen LogP contribution in [-0.2, 0) is 4.79 Å². The van der Waals surface area contributed by atoms with Crippen molar-refractivity contribution in [1.82, 2.24) is 14.9 Å². The fraction of sp³-hybridized carbons (Fsp3) is 0.583. The predicted molar refractivity (Wildman–Crippen MR) is 72.1 cm³/mol. The molecule has 1 saturated heterocycles. The van der Waals surface area contributed by atoms with E-state index in [2.05, 4.69) is 16.9 Å². The highest BCUT2D eigenvalue weighted by Crippen LogP contribution is 2.21. The highest BCUT2D eigenvalue weighted by atomic mass is 32.2. The van der Waals surface area contributed by atoms with Crippen LogP contribution in [0.15, 0.2) is 17.4 Å². The van der Waals surface area contributed by atoms with Gasteiger partial charge in [-0.15, -0.1) is 0 Å². The molecular formula is C12H18N4OS. The third-order valence-electron chi connectivity index (χ3n) is 3.03. The highest BCUT2D eigenvalue weighted by Gasteiger charge is 2.21. The van der Waals surface area contributed by atoms with Gasteiger partial charge in [0.05, 0.1) is 5.75 Å². The SMILES string of the molecule is CC1CCCN(C(=O)CSc2nccnc2N)C1. The minimum absolute atomic E-state index is 0.164. The molecule has 1 aliphatic rings. The molecule has 0 radical (unpaired) electrons. The molecule has 1 unspecified atom stereocenters. The predicted octanol–water partition coefficient (Wildman–Crippen LogP) is 1.41. The minimum Gasteiger partial charge on any atom is -0.381 e. The van der Waals surface area contributed by atoms with Crippen LogP contribution >= 0.6 is 11.8 Å². The Balaban J connectivity index is 1.86. The molecule has 2 N–H and O–H groups in total. The number of piperidine rings is 1. The van der Waals surface area contributed by atoms with Gasteiger partial charge in [-0.3, -0.25) is 4.79 Å². The number of hydrogen-bond acceptors (Lipinski definition) is 5. The van der Waals surface area contributed by atoms with Gasteiger partial charge in [0.1, 0.15) is 5.03 Å². The number of carbonyl (C=O) groups excluding carboxylic acids is 1. The number of hydrogen-bond donors (Lipinski definition) is 1. The lowest BCUT2D eigenvalue weighted by atomic mass is 10.0. The Morgan fingerprint density at radius 2 is 2.33 bits per heavy atom. The van der Waals surface area contributed by atoms with E-state index in [1.165, 1.54) is 18.2 Å². The molecule has 6 heteroatoms. The quantitative estimate of drug-likeness (QED) is 0.837. The zero-order chi connectivity index (χ0) is 13.0. The van der Waals surface area contributed by atoms with Gasteiger partial charge in [0.15, 0.2) is 5.82 Å². The molecule has 1 aromatic heterocycles. The molecule has 1 fully saturated rings. The van der Waals surface area contributed by atoms with Crippen LogP contribution in [0.4, 0.5) is 5.82 Å². The second-order valence-corrected chi connectivity index (χ2v) is 5.59. The molecule has 1 aliphatic heterocycles. The van der Waals surface area contributed by atoms with E-state index in [4.69, 9.17) is 5.73 Å². The molecule has 1 amide bonds. The average molecular weight is 266 g/mol. The first-order valence-electron chi connectivity index (χ1n) is 6.14. The molecule has 0 saturated carbocycles. The standard InChI is InChI=1S/C12H18N4OS/c1-9-3-2-6-16(7-9)10(17)8-18-12-11(13)14-4-5-15-12/h4-5,9H,2-3,6-8H2,1H3,(H2,13,14). The zero-order valence-electron chi connectivity index (χ0n) is 10.5. The summed E-state index contributed by atoms with van der Waals surface area (Å²) in [6.07, 6.45) is 5.46. The van der Waals surface area contributed by atoms with E-state index < -0.39 is 0 Å². The van der Waals surface area contributed by atoms with Gasteiger partial charge in [0, 0.05) is 25.5 Å². The zero-order valence-corrected chi connectivity index (χ0v) is 11.3. The summed E-state index contributed by atoms with van der Waals surface area (Å²) in [5, 5.41) is 0.635. The molecule has 98 valence electrons. The largest absolute Gasteiger partial charge is 0.381 e. The molecule has 0 bridgehead atoms. The Morgan fingerprint density at radius 1 is 1.56 bits per heavy atom. The molecule has 0 spiro atoms. The number of likely N-dealkylation sites (tertiary alicyclic amines) is 1. The number of anilines is 1. The van der Waals surface area contributed by atoms with Crippen molar-refractivity contribution in [1.29, 1.82) is 0 Å². The van der Waals surface area contributed by atoms with Gasteiger partial charge in [-0.05, 0) is 18.8 Å². The lowest BCUT2D eigenvalue weighted by molar-refractivity contribution is -0.130. The second-order valence-electron chi connectivity index (χ2n) is 4.62. The second kappa shape index (κ2) is 6.04. The molecule has 1 atom stereocenters. The number of thioether (sulfide) groups is 1. The number of nitrogens with zero attached hydrogens (tertiary/aromatic N) is 3. The van der Waals surface area contributed by atoms with Gasteiger partial charge in [-0.2, -0.15) is 0 Å². The van der Waals surface area contributed by atoms with Crippen molar-refractivity contribution in [3.8, 4) is 0 Å². The summed E-state index contributed by atoms with van der Waals surface area (Å²) in [4.78, 5) is 22.0. The number of rotatable bonds is 3.